The van der Waals surface area contributed by atoms with E-state index in [0.717, 1.165) is 12.1 Å². The number of nitrogens with zero attached hydrogens (tertiary/aromatic N) is 2. The number of halogens is 1. The summed E-state index contributed by atoms with van der Waals surface area (Å²) in [6.45, 7) is 2.91. The predicted molar refractivity (Wildman–Crippen MR) is 94.3 cm³/mol. The Labute approximate surface area is 163 Å². The van der Waals surface area contributed by atoms with Gasteiger partial charge in [-0.2, -0.15) is 0 Å². The maximum atomic E-state index is 12.9. The zero-order valence-electron chi connectivity index (χ0n) is 14.8. The number of phenolic OH excluding ortho intramolecular Hbond substituents is 1. The Bertz CT molecular complexity index is 1070. The summed E-state index contributed by atoms with van der Waals surface area (Å²) in [6, 6.07) is 1.16. The Morgan fingerprint density at radius 3 is 2.57 bits per heavy atom. The van der Waals surface area contributed by atoms with E-state index in [2.05, 4.69) is 10.2 Å². The molecule has 0 fully saturated rings. The summed E-state index contributed by atoms with van der Waals surface area (Å²) >= 11 is 6.38. The van der Waals surface area contributed by atoms with Crippen LogP contribution in [0, 0.1) is 0 Å². The number of carbonyl (C=O) groups excluding carboxylic acids is 2. The third kappa shape index (κ3) is 2.50. The van der Waals surface area contributed by atoms with E-state index < -0.39 is 28.5 Å². The quantitative estimate of drug-likeness (QED) is 0.684. The maximum absolute atomic E-state index is 12.9. The highest BCUT2D eigenvalue weighted by Gasteiger charge is 2.55. The number of carbonyl (C=O) groups is 2. The van der Waals surface area contributed by atoms with E-state index in [-0.39, 0.29) is 52.3 Å². The molecule has 4 rings (SSSR count). The van der Waals surface area contributed by atoms with Gasteiger partial charge in [0.1, 0.15) is 22.7 Å². The number of hydrogen-bond donors (Lipinski definition) is 3. The van der Waals surface area contributed by atoms with Gasteiger partial charge in [-0.15, -0.1) is 10.2 Å². The molecule has 28 heavy (non-hydrogen) atoms. The second-order valence-electron chi connectivity index (χ2n) is 7.19. The number of allylic oxidation sites excluding steroid dienone is 1. The number of ketones is 2. The van der Waals surface area contributed by atoms with E-state index in [1.807, 2.05) is 0 Å². The van der Waals surface area contributed by atoms with Crippen LogP contribution in [0.2, 0.25) is 5.02 Å². The van der Waals surface area contributed by atoms with Gasteiger partial charge < -0.3 is 24.5 Å². The number of fused-ring (bicyclic) bond motifs is 1. The lowest BCUT2D eigenvalue weighted by atomic mass is 9.83. The molecule has 146 valence electrons. The van der Waals surface area contributed by atoms with E-state index in [4.69, 9.17) is 20.8 Å². The molecule has 10 heteroatoms. The molecular formula is C18H15ClN2O7. The van der Waals surface area contributed by atoms with Crippen molar-refractivity contribution >= 4 is 23.2 Å². The first-order valence-corrected chi connectivity index (χ1v) is 8.72. The number of aromatic nitrogens is 2. The Balaban J connectivity index is 1.84. The smallest absolute Gasteiger partial charge is 0.249 e. The highest BCUT2D eigenvalue weighted by atomic mass is 35.5. The molecule has 1 aliphatic carbocycles. The summed E-state index contributed by atoms with van der Waals surface area (Å²) in [5.41, 5.74) is -3.31. The minimum atomic E-state index is -1.80. The molecule has 1 aromatic heterocycles. The number of aliphatic hydroxyl groups excluding tert-OH is 1. The minimum absolute atomic E-state index is 0.00632. The van der Waals surface area contributed by atoms with Crippen LogP contribution in [0.15, 0.2) is 22.3 Å². The highest BCUT2D eigenvalue weighted by molar-refractivity contribution is 6.36. The van der Waals surface area contributed by atoms with Crippen LogP contribution in [-0.2, 0) is 10.4 Å². The average Bonchev–Trinajstić information content (AvgIpc) is 3.20. The van der Waals surface area contributed by atoms with Crippen molar-refractivity contribution in [2.24, 2.45) is 0 Å². The van der Waals surface area contributed by atoms with Crippen molar-refractivity contribution in [1.82, 2.24) is 10.2 Å². The second kappa shape index (κ2) is 5.79. The van der Waals surface area contributed by atoms with Gasteiger partial charge in [0.2, 0.25) is 23.2 Å². The Morgan fingerprint density at radius 2 is 1.96 bits per heavy atom. The lowest BCUT2D eigenvalue weighted by Gasteiger charge is -2.28. The van der Waals surface area contributed by atoms with Gasteiger partial charge in [0.05, 0.1) is 10.6 Å². The van der Waals surface area contributed by atoms with Crippen molar-refractivity contribution in [3.05, 3.63) is 34.4 Å². The first kappa shape index (κ1) is 18.5. The molecule has 1 aromatic carbocycles. The molecule has 1 spiro atoms. The fourth-order valence-electron chi connectivity index (χ4n) is 3.20. The highest BCUT2D eigenvalue weighted by Crippen LogP contribution is 2.52. The number of aromatic hydroxyl groups is 1. The molecule has 1 aliphatic heterocycles. The zero-order valence-corrected chi connectivity index (χ0v) is 15.6. The number of benzene rings is 1. The van der Waals surface area contributed by atoms with Crippen LogP contribution in [0.3, 0.4) is 0 Å². The average molecular weight is 407 g/mol. The maximum Gasteiger partial charge on any atom is 0.249 e. The van der Waals surface area contributed by atoms with Crippen molar-refractivity contribution in [1.29, 1.82) is 0 Å². The van der Waals surface area contributed by atoms with Crippen molar-refractivity contribution in [3.63, 3.8) is 0 Å². The normalized spacial score (nSPS) is 21.6. The van der Waals surface area contributed by atoms with E-state index in [9.17, 15) is 24.9 Å². The van der Waals surface area contributed by atoms with Crippen LogP contribution >= 0.6 is 11.6 Å². The van der Waals surface area contributed by atoms with Crippen LogP contribution < -0.4 is 4.74 Å². The summed E-state index contributed by atoms with van der Waals surface area (Å²) in [5.74, 6) is -2.35. The largest absolute Gasteiger partial charge is 0.507 e. The molecule has 2 heterocycles. The van der Waals surface area contributed by atoms with Gasteiger partial charge in [0.25, 0.3) is 0 Å². The molecule has 0 radical (unpaired) electrons. The van der Waals surface area contributed by atoms with E-state index in [1.54, 1.807) is 0 Å². The monoisotopic (exact) mass is 406 g/mol. The van der Waals surface area contributed by atoms with Crippen LogP contribution in [0.5, 0.6) is 11.5 Å². The van der Waals surface area contributed by atoms with Crippen LogP contribution in [-0.4, -0.2) is 42.7 Å². The van der Waals surface area contributed by atoms with Gasteiger partial charge in [0.15, 0.2) is 11.5 Å². The molecule has 2 aromatic rings. The summed E-state index contributed by atoms with van der Waals surface area (Å²) in [6.07, 6.45) is 0.844. The summed E-state index contributed by atoms with van der Waals surface area (Å²) in [7, 11) is 0. The summed E-state index contributed by atoms with van der Waals surface area (Å²) < 4.78 is 11.1. The summed E-state index contributed by atoms with van der Waals surface area (Å²) in [5, 5.41) is 38.1. The molecule has 0 saturated carbocycles. The second-order valence-corrected chi connectivity index (χ2v) is 7.56. The van der Waals surface area contributed by atoms with Crippen LogP contribution in [0.1, 0.15) is 42.9 Å². The first-order chi connectivity index (χ1) is 13.0. The van der Waals surface area contributed by atoms with Gasteiger partial charge >= 0.3 is 0 Å². The molecule has 1 atom stereocenters. The Hall–Kier alpha value is -2.91. The van der Waals surface area contributed by atoms with Gasteiger partial charge in [-0.1, -0.05) is 11.6 Å². The predicted octanol–water partition coefficient (Wildman–Crippen LogP) is 2.44. The number of aliphatic hydroxyl groups is 2. The molecule has 0 saturated heterocycles. The van der Waals surface area contributed by atoms with Gasteiger partial charge in [-0.05, 0) is 19.9 Å². The number of rotatable bonds is 2. The third-order valence-electron chi connectivity index (χ3n) is 4.68. The Morgan fingerprint density at radius 1 is 1.25 bits per heavy atom. The number of Topliss-reactive ketones (excluding diaryl/α,β-unsaturated/α-hetero) is 1. The number of phenols is 1. The van der Waals surface area contributed by atoms with Gasteiger partial charge in [-0.3, -0.25) is 9.59 Å². The van der Waals surface area contributed by atoms with Crippen molar-refractivity contribution in [2.45, 2.75) is 37.9 Å². The molecular weight excluding hydrogens is 392 g/mol. The van der Waals surface area contributed by atoms with Crippen molar-refractivity contribution in [2.75, 3.05) is 0 Å². The van der Waals surface area contributed by atoms with Crippen molar-refractivity contribution < 1.29 is 34.1 Å². The van der Waals surface area contributed by atoms with Crippen LogP contribution in [0.25, 0.3) is 11.5 Å². The molecule has 3 N–H and O–H groups in total. The Kier molecular flexibility index (Phi) is 3.82. The fourth-order valence-corrected chi connectivity index (χ4v) is 3.46. The topological polar surface area (TPSA) is 143 Å². The molecule has 9 nitrogen and oxygen atoms in total. The standard InChI is InChI=1S/C18H15ClN2O7/c1-17(2,26)16-21-20-15(27-16)8-6-9(23)11-13(12(8)19)28-18(14(11)25)4-3-7(22)5-10(18)24/h5-6,23-24,26H,3-4H2,1-2H3/t18-/m0/s1. The van der Waals surface area contributed by atoms with E-state index in [1.165, 1.54) is 13.8 Å². The minimum Gasteiger partial charge on any atom is -0.507 e. The van der Waals surface area contributed by atoms with Crippen molar-refractivity contribution in [3.8, 4) is 23.0 Å². The fraction of sp³-hybridized carbons (Fsp3) is 0.333. The zero-order chi connectivity index (χ0) is 20.4. The van der Waals surface area contributed by atoms with Gasteiger partial charge in [-0.25, -0.2) is 0 Å². The lowest BCUT2D eigenvalue weighted by Crippen LogP contribution is -2.45. The van der Waals surface area contributed by atoms with Gasteiger partial charge in [0, 0.05) is 18.9 Å². The molecule has 0 unspecified atom stereocenters. The molecule has 2 aliphatic rings. The van der Waals surface area contributed by atoms with Crippen LogP contribution in [0.4, 0.5) is 0 Å². The SMILES string of the molecule is CC(C)(O)c1nnc(-c2cc(O)c3c(c2Cl)O[C@]2(CCC(=O)C=C2O)C3=O)o1. The summed E-state index contributed by atoms with van der Waals surface area (Å²) in [4.78, 5) is 24.4. The van der Waals surface area contributed by atoms with E-state index >= 15 is 0 Å². The first-order valence-electron chi connectivity index (χ1n) is 8.34. The van der Waals surface area contributed by atoms with E-state index in [0.29, 0.717) is 0 Å². The lowest BCUT2D eigenvalue weighted by molar-refractivity contribution is -0.116. The number of ether oxygens (including phenoxy) is 1. The molecule has 0 amide bonds. The third-order valence-corrected chi connectivity index (χ3v) is 5.06. The number of hydrogen-bond acceptors (Lipinski definition) is 9. The molecule has 0 bridgehead atoms.